The first-order valence-electron chi connectivity index (χ1n) is 27.6. The van der Waals surface area contributed by atoms with Gasteiger partial charge >= 0.3 is 12.1 Å². The summed E-state index contributed by atoms with van der Waals surface area (Å²) in [6.45, 7) is 16.8. The molecule has 0 aliphatic carbocycles. The summed E-state index contributed by atoms with van der Waals surface area (Å²) in [5.74, 6) is -3.25. The zero-order valence-electron chi connectivity index (χ0n) is 48.4. The fourth-order valence-corrected chi connectivity index (χ4v) is 11.6. The molecule has 4 saturated heterocycles. The minimum atomic E-state index is -1.86. The molecule has 2 aromatic heterocycles. The maximum Gasteiger partial charge on any atom is 0.414 e. The number of halogens is 1. The van der Waals surface area contributed by atoms with Gasteiger partial charge in [-0.1, -0.05) is 24.3 Å². The van der Waals surface area contributed by atoms with Crippen molar-refractivity contribution in [3.05, 3.63) is 47.8 Å². The molecule has 0 spiro atoms. The van der Waals surface area contributed by atoms with E-state index in [0.29, 0.717) is 43.0 Å². The van der Waals surface area contributed by atoms with Crippen molar-refractivity contribution in [3.63, 3.8) is 0 Å². The van der Waals surface area contributed by atoms with Gasteiger partial charge in [0.05, 0.1) is 77.9 Å². The summed E-state index contributed by atoms with van der Waals surface area (Å²) < 4.78 is 62.1. The van der Waals surface area contributed by atoms with Gasteiger partial charge in [0.25, 0.3) is 0 Å². The normalized spacial score (nSPS) is 37.6. The molecule has 24 nitrogen and oxygen atoms in total. The van der Waals surface area contributed by atoms with Crippen molar-refractivity contribution >= 4 is 17.7 Å². The second kappa shape index (κ2) is 25.4. The van der Waals surface area contributed by atoms with Gasteiger partial charge in [0.15, 0.2) is 18.4 Å². The van der Waals surface area contributed by atoms with Crippen molar-refractivity contribution < 1.29 is 72.7 Å². The predicted molar refractivity (Wildman–Crippen MR) is 284 cm³/mol. The second-order valence-corrected chi connectivity index (χ2v) is 23.5. The van der Waals surface area contributed by atoms with E-state index in [9.17, 15) is 35.1 Å². The second-order valence-electron chi connectivity index (χ2n) is 23.5. The molecule has 444 valence electrons. The number of nitrogens with zero attached hydrogens (tertiary/aromatic N) is 10. The number of likely N-dealkylation sites (N-methyl/N-ethyl adjacent to an activating group) is 2. The zero-order chi connectivity index (χ0) is 58.1. The molecule has 0 radical (unpaired) electrons. The Morgan fingerprint density at radius 3 is 2.30 bits per heavy atom. The molecule has 1 amide bonds. The molecule has 5 N–H and O–H groups in total. The van der Waals surface area contributed by atoms with Gasteiger partial charge in [0.1, 0.15) is 41.8 Å². The molecule has 4 aliphatic heterocycles. The summed E-state index contributed by atoms with van der Waals surface area (Å²) in [5, 5.41) is 76.3. The first kappa shape index (κ1) is 62.3. The van der Waals surface area contributed by atoms with E-state index in [-0.39, 0.29) is 44.6 Å². The van der Waals surface area contributed by atoms with Crippen molar-refractivity contribution in [2.45, 2.75) is 204 Å². The van der Waals surface area contributed by atoms with Gasteiger partial charge in [-0.3, -0.25) is 9.69 Å². The monoisotopic (exact) mass is 1120 g/mol. The first-order chi connectivity index (χ1) is 37.1. The third-order valence-electron chi connectivity index (χ3n) is 16.8. The lowest BCUT2D eigenvalue weighted by atomic mass is 9.79. The number of benzene rings is 1. The predicted octanol–water partition coefficient (Wildman–Crippen LogP) is 2.28. The number of anilines is 1. The highest BCUT2D eigenvalue weighted by Crippen LogP contribution is 2.40. The minimum absolute atomic E-state index is 0.0764. The summed E-state index contributed by atoms with van der Waals surface area (Å²) in [5.41, 5.74) is -2.80. The van der Waals surface area contributed by atoms with Crippen molar-refractivity contribution in [1.29, 1.82) is 0 Å². The number of carbonyl (C=O) groups excluding carboxylic acids is 2. The van der Waals surface area contributed by atoms with Crippen LogP contribution in [0.1, 0.15) is 99.4 Å². The molecule has 1 aromatic carbocycles. The average molecular weight is 1120 g/mol. The Morgan fingerprint density at radius 1 is 0.924 bits per heavy atom. The van der Waals surface area contributed by atoms with Crippen LogP contribution in [0.5, 0.6) is 0 Å². The van der Waals surface area contributed by atoms with Crippen LogP contribution in [0, 0.1) is 17.7 Å². The van der Waals surface area contributed by atoms with Gasteiger partial charge < -0.3 is 73.4 Å². The molecule has 3 aromatic rings. The van der Waals surface area contributed by atoms with Gasteiger partial charge in [-0.2, -0.15) is 0 Å². The lowest BCUT2D eigenvalue weighted by Gasteiger charge is -2.49. The minimum Gasteiger partial charge on any atom is -0.459 e. The molecule has 4 aliphatic rings. The largest absolute Gasteiger partial charge is 0.459 e. The molecule has 6 heterocycles. The van der Waals surface area contributed by atoms with Crippen LogP contribution < -0.4 is 4.90 Å². The summed E-state index contributed by atoms with van der Waals surface area (Å²) >= 11 is 0. The van der Waals surface area contributed by atoms with E-state index in [2.05, 4.69) is 20.6 Å². The van der Waals surface area contributed by atoms with Crippen molar-refractivity contribution in [3.8, 4) is 5.69 Å². The molecule has 18 atom stereocenters. The number of rotatable bonds is 16. The van der Waals surface area contributed by atoms with E-state index in [1.54, 1.807) is 78.7 Å². The fraction of sp³-hybridized carbons (Fsp3) is 0.778. The highest BCUT2D eigenvalue weighted by Gasteiger charge is 2.53. The standard InChI is InChI=1S/C54H87FN10O14/c1-15-42-54(9,72)46(67)33(5)61(12)21-19-52(7,71)48(31(3)45(32(4)49(69)77-42)78-43-24-53(8,73-14)47(68)34(6)75-43)79-50-44(66)41(22-30(2)74-50)62(13)20-18-35-26-63(58-56-35)28-38-29-64(51(70)76-38)37-16-17-40(39(55)23-37)65-27-36(57-59-65)25-60(10)11/h16-17,23,26-27,30-34,38,41-48,50,66-68,71-72H,15,18-22,24-25,28-29H2,1-14H3/t30-,31+,32-,33-,34+,38+,41+,42-,43+,44-,45+,46-,47+,48-,50+,52-,53-,54-/m1/s1. The molecular formula is C54H87FN10O14. The molecule has 0 saturated carbocycles. The maximum atomic E-state index is 15.4. The molecular weight excluding hydrogens is 1030 g/mol. The van der Waals surface area contributed by atoms with Gasteiger partial charge in [0, 0.05) is 63.8 Å². The zero-order valence-corrected chi connectivity index (χ0v) is 48.4. The number of cyclic esters (lactones) is 2. The van der Waals surface area contributed by atoms with E-state index < -0.39 is 126 Å². The Labute approximate surface area is 462 Å². The van der Waals surface area contributed by atoms with E-state index >= 15 is 4.39 Å². The maximum absolute atomic E-state index is 15.4. The lowest BCUT2D eigenvalue weighted by molar-refractivity contribution is -0.318. The van der Waals surface area contributed by atoms with Crippen LogP contribution in [0.3, 0.4) is 0 Å². The molecule has 25 heteroatoms. The number of aliphatic hydroxyl groups is 5. The fourth-order valence-electron chi connectivity index (χ4n) is 11.6. The van der Waals surface area contributed by atoms with Crippen LogP contribution in [0.4, 0.5) is 14.9 Å². The van der Waals surface area contributed by atoms with E-state index in [1.165, 1.54) is 35.7 Å². The van der Waals surface area contributed by atoms with Gasteiger partial charge in [-0.05, 0) is 114 Å². The smallest absolute Gasteiger partial charge is 0.414 e. The number of amides is 1. The van der Waals surface area contributed by atoms with Gasteiger partial charge in [-0.25, -0.2) is 18.5 Å². The Morgan fingerprint density at radius 2 is 1.63 bits per heavy atom. The number of hydrogen-bond acceptors (Lipinski definition) is 21. The third-order valence-corrected chi connectivity index (χ3v) is 16.8. The number of aromatic nitrogens is 6. The number of aliphatic hydroxyl groups excluding tert-OH is 3. The Kier molecular flexibility index (Phi) is 20.0. The van der Waals surface area contributed by atoms with Crippen LogP contribution in [0.2, 0.25) is 0 Å². The van der Waals surface area contributed by atoms with Crippen molar-refractivity contribution in [2.75, 3.05) is 59.8 Å². The number of ether oxygens (including phenoxy) is 7. The van der Waals surface area contributed by atoms with Crippen LogP contribution in [0.25, 0.3) is 5.69 Å². The lowest BCUT2D eigenvalue weighted by Crippen LogP contribution is -2.62. The summed E-state index contributed by atoms with van der Waals surface area (Å²) in [6.07, 6.45) is -7.02. The number of hydrogen-bond donors (Lipinski definition) is 5. The third kappa shape index (κ3) is 14.1. The van der Waals surface area contributed by atoms with Crippen LogP contribution in [-0.2, 0) is 57.5 Å². The Balaban J connectivity index is 1.05. The SMILES string of the molecule is CC[C@H]1OC(=O)[C@H](C)[C@@H](O[C@H]2C[C@@](C)(OC)[C@@H](O)[C@H](C)O2)[C@H](C)[C@@H](O[C@@H]2O[C@H](C)C[C@H](N(C)CCc3cn(C[C@H]4CN(c5ccc(-n6cc(CN(C)C)nn6)c(F)c5)C(=O)O4)nn3)[C@H]2O)[C@](C)(O)CCN(C)[C@H](C)[C@@H](O)[C@]1(C)O. The molecule has 4 fully saturated rings. The molecule has 0 bridgehead atoms. The summed E-state index contributed by atoms with van der Waals surface area (Å²) in [7, 11) is 8.93. The summed E-state index contributed by atoms with van der Waals surface area (Å²) in [4.78, 5) is 34.6. The van der Waals surface area contributed by atoms with Crippen molar-refractivity contribution in [2.24, 2.45) is 11.8 Å². The van der Waals surface area contributed by atoms with Gasteiger partial charge in [0.2, 0.25) is 0 Å². The number of carbonyl (C=O) groups is 2. The first-order valence-corrected chi connectivity index (χ1v) is 27.6. The van der Waals surface area contributed by atoms with E-state index in [0.717, 1.165) is 0 Å². The topological polar surface area (TPSA) is 274 Å². The van der Waals surface area contributed by atoms with Gasteiger partial charge in [-0.15, -0.1) is 10.2 Å². The van der Waals surface area contributed by atoms with Crippen molar-refractivity contribution in [1.82, 2.24) is 44.7 Å². The number of methoxy groups -OCH3 is 1. The molecule has 0 unspecified atom stereocenters. The Hall–Kier alpha value is -4.35. The Bertz CT molecular complexity index is 2500. The quantitative estimate of drug-likeness (QED) is 0.129. The van der Waals surface area contributed by atoms with Crippen LogP contribution in [0.15, 0.2) is 30.6 Å². The highest BCUT2D eigenvalue weighted by molar-refractivity contribution is 5.89. The average Bonchev–Trinajstić information content (AvgIpc) is 4.26. The molecule has 79 heavy (non-hydrogen) atoms. The van der Waals surface area contributed by atoms with E-state index in [4.69, 9.17) is 33.2 Å². The molecule has 7 rings (SSSR count). The van der Waals surface area contributed by atoms with E-state index in [1.807, 2.05) is 42.8 Å². The number of esters is 1. The van der Waals surface area contributed by atoms with Crippen LogP contribution in [-0.4, -0.2) is 234 Å². The summed E-state index contributed by atoms with van der Waals surface area (Å²) in [6, 6.07) is 3.29. The van der Waals surface area contributed by atoms with Crippen LogP contribution >= 0.6 is 0 Å². The highest BCUT2D eigenvalue weighted by atomic mass is 19.1.